The van der Waals surface area contributed by atoms with Crippen LogP contribution >= 0.6 is 0 Å². The van der Waals surface area contributed by atoms with Crippen molar-refractivity contribution in [2.24, 2.45) is 5.92 Å². The lowest BCUT2D eigenvalue weighted by Crippen LogP contribution is -2.37. The third-order valence-corrected chi connectivity index (χ3v) is 3.88. The summed E-state index contributed by atoms with van der Waals surface area (Å²) < 4.78 is 11.4. The predicted molar refractivity (Wildman–Crippen MR) is 81.5 cm³/mol. The Hall–Kier alpha value is -1.95. The highest BCUT2D eigenvalue weighted by Crippen LogP contribution is 2.20. The number of piperidine rings is 1. The lowest BCUT2D eigenvalue weighted by molar-refractivity contribution is 0.117. The van der Waals surface area contributed by atoms with Gasteiger partial charge in [-0.3, -0.25) is 9.88 Å². The van der Waals surface area contributed by atoms with Crippen molar-refractivity contribution in [3.05, 3.63) is 35.8 Å². The Morgan fingerprint density at radius 2 is 2.27 bits per heavy atom. The molecule has 0 N–H and O–H groups in total. The standard InChI is InChI=1S/C16H22N4O2/c1-12-8-15(5-6-17-12)21-11-14-4-3-7-20(9-14)10-16-19-18-13(2)22-16/h5-6,8,14H,3-4,7,9-11H2,1-2H3. The van der Waals surface area contributed by atoms with Gasteiger partial charge in [-0.2, -0.15) is 0 Å². The second-order valence-corrected chi connectivity index (χ2v) is 5.90. The molecule has 6 heteroatoms. The Kier molecular flexibility index (Phi) is 4.68. The van der Waals surface area contributed by atoms with Crippen LogP contribution in [-0.2, 0) is 6.54 Å². The number of aryl methyl sites for hydroxylation is 2. The molecule has 3 heterocycles. The lowest BCUT2D eigenvalue weighted by Gasteiger charge is -2.31. The fraction of sp³-hybridized carbons (Fsp3) is 0.562. The molecule has 22 heavy (non-hydrogen) atoms. The molecule has 0 saturated carbocycles. The molecule has 2 aromatic rings. The lowest BCUT2D eigenvalue weighted by atomic mass is 9.99. The van der Waals surface area contributed by atoms with Gasteiger partial charge >= 0.3 is 0 Å². The molecule has 2 aromatic heterocycles. The van der Waals surface area contributed by atoms with Crippen molar-refractivity contribution in [1.29, 1.82) is 0 Å². The van der Waals surface area contributed by atoms with E-state index in [9.17, 15) is 0 Å². The average molecular weight is 302 g/mol. The highest BCUT2D eigenvalue weighted by Gasteiger charge is 2.22. The zero-order chi connectivity index (χ0) is 15.4. The van der Waals surface area contributed by atoms with Crippen molar-refractivity contribution in [2.75, 3.05) is 19.7 Å². The van der Waals surface area contributed by atoms with Crippen LogP contribution in [0.2, 0.25) is 0 Å². The Labute approximate surface area is 130 Å². The molecule has 1 unspecified atom stereocenters. The van der Waals surface area contributed by atoms with Gasteiger partial charge in [0.05, 0.1) is 13.2 Å². The van der Waals surface area contributed by atoms with Crippen LogP contribution in [0.15, 0.2) is 22.7 Å². The number of aromatic nitrogens is 3. The quantitative estimate of drug-likeness (QED) is 0.845. The van der Waals surface area contributed by atoms with Gasteiger partial charge in [0.15, 0.2) is 0 Å². The Balaban J connectivity index is 1.50. The minimum atomic E-state index is 0.534. The highest BCUT2D eigenvalue weighted by molar-refractivity contribution is 5.21. The van der Waals surface area contributed by atoms with Crippen LogP contribution in [0.25, 0.3) is 0 Å². The van der Waals surface area contributed by atoms with Crippen molar-refractivity contribution in [3.8, 4) is 5.75 Å². The molecular formula is C16H22N4O2. The molecule has 0 amide bonds. The van der Waals surface area contributed by atoms with E-state index < -0.39 is 0 Å². The molecule has 3 rings (SSSR count). The minimum Gasteiger partial charge on any atom is -0.493 e. The third kappa shape index (κ3) is 4.04. The Morgan fingerprint density at radius 3 is 3.05 bits per heavy atom. The predicted octanol–water partition coefficient (Wildman–Crippen LogP) is 2.37. The van der Waals surface area contributed by atoms with E-state index in [0.717, 1.165) is 37.7 Å². The van der Waals surface area contributed by atoms with E-state index in [1.807, 2.05) is 26.0 Å². The zero-order valence-corrected chi connectivity index (χ0v) is 13.2. The number of hydrogen-bond acceptors (Lipinski definition) is 6. The fourth-order valence-corrected chi connectivity index (χ4v) is 2.85. The first-order valence-electron chi connectivity index (χ1n) is 7.76. The summed E-state index contributed by atoms with van der Waals surface area (Å²) in [4.78, 5) is 6.55. The minimum absolute atomic E-state index is 0.534. The SMILES string of the molecule is Cc1cc(OCC2CCCN(Cc3nnc(C)o3)C2)ccn1. The molecule has 0 aromatic carbocycles. The Morgan fingerprint density at radius 1 is 1.36 bits per heavy atom. The number of nitrogens with zero attached hydrogens (tertiary/aromatic N) is 4. The molecule has 0 bridgehead atoms. The first kappa shape index (κ1) is 15.0. The van der Waals surface area contributed by atoms with Crippen LogP contribution < -0.4 is 4.74 Å². The molecule has 1 atom stereocenters. The normalized spacial score (nSPS) is 19.3. The summed E-state index contributed by atoms with van der Waals surface area (Å²) in [6.45, 7) is 7.34. The van der Waals surface area contributed by atoms with E-state index in [1.54, 1.807) is 6.20 Å². The molecule has 6 nitrogen and oxygen atoms in total. The second-order valence-electron chi connectivity index (χ2n) is 5.90. The van der Waals surface area contributed by atoms with E-state index >= 15 is 0 Å². The van der Waals surface area contributed by atoms with Gasteiger partial charge < -0.3 is 9.15 Å². The van der Waals surface area contributed by atoms with Gasteiger partial charge in [-0.1, -0.05) is 0 Å². The van der Waals surface area contributed by atoms with Gasteiger partial charge in [-0.05, 0) is 32.4 Å². The van der Waals surface area contributed by atoms with Crippen LogP contribution in [0.5, 0.6) is 5.75 Å². The van der Waals surface area contributed by atoms with E-state index in [4.69, 9.17) is 9.15 Å². The molecular weight excluding hydrogens is 280 g/mol. The number of rotatable bonds is 5. The van der Waals surface area contributed by atoms with E-state index in [2.05, 4.69) is 20.1 Å². The summed E-state index contributed by atoms with van der Waals surface area (Å²) in [5.74, 6) is 2.76. The number of likely N-dealkylation sites (tertiary alicyclic amines) is 1. The van der Waals surface area contributed by atoms with E-state index in [1.165, 1.54) is 12.8 Å². The number of pyridine rings is 1. The van der Waals surface area contributed by atoms with Crippen LogP contribution in [0, 0.1) is 19.8 Å². The van der Waals surface area contributed by atoms with Crippen LogP contribution in [0.1, 0.15) is 30.3 Å². The van der Waals surface area contributed by atoms with Crippen molar-refractivity contribution in [3.63, 3.8) is 0 Å². The smallest absolute Gasteiger partial charge is 0.230 e. The van der Waals surface area contributed by atoms with Crippen LogP contribution in [-0.4, -0.2) is 39.8 Å². The van der Waals surface area contributed by atoms with Crippen LogP contribution in [0.4, 0.5) is 0 Å². The maximum atomic E-state index is 5.91. The van der Waals surface area contributed by atoms with Crippen LogP contribution in [0.3, 0.4) is 0 Å². The van der Waals surface area contributed by atoms with Crippen molar-refractivity contribution < 1.29 is 9.15 Å². The van der Waals surface area contributed by atoms with Crippen molar-refractivity contribution >= 4 is 0 Å². The maximum Gasteiger partial charge on any atom is 0.230 e. The van der Waals surface area contributed by atoms with E-state index in [-0.39, 0.29) is 0 Å². The molecule has 1 aliphatic heterocycles. The Bertz CT molecular complexity index is 614. The molecule has 1 aliphatic rings. The molecule has 118 valence electrons. The fourth-order valence-electron chi connectivity index (χ4n) is 2.85. The second kappa shape index (κ2) is 6.87. The van der Waals surface area contributed by atoms with Gasteiger partial charge in [0, 0.05) is 37.3 Å². The van der Waals surface area contributed by atoms with Gasteiger partial charge in [0.1, 0.15) is 5.75 Å². The molecule has 0 radical (unpaired) electrons. The topological polar surface area (TPSA) is 64.3 Å². The molecule has 1 saturated heterocycles. The van der Waals surface area contributed by atoms with Gasteiger partial charge in [-0.25, -0.2) is 0 Å². The monoisotopic (exact) mass is 302 g/mol. The van der Waals surface area contributed by atoms with E-state index in [0.29, 0.717) is 17.7 Å². The average Bonchev–Trinajstić information content (AvgIpc) is 2.91. The first-order valence-corrected chi connectivity index (χ1v) is 7.76. The summed E-state index contributed by atoms with van der Waals surface area (Å²) in [5, 5.41) is 7.95. The molecule has 1 fully saturated rings. The summed E-state index contributed by atoms with van der Waals surface area (Å²) in [5.41, 5.74) is 0.981. The summed E-state index contributed by atoms with van der Waals surface area (Å²) >= 11 is 0. The largest absolute Gasteiger partial charge is 0.493 e. The van der Waals surface area contributed by atoms with Crippen molar-refractivity contribution in [1.82, 2.24) is 20.1 Å². The number of ether oxygens (including phenoxy) is 1. The van der Waals surface area contributed by atoms with Gasteiger partial charge in [0.25, 0.3) is 0 Å². The maximum absolute atomic E-state index is 5.91. The first-order chi connectivity index (χ1) is 10.7. The zero-order valence-electron chi connectivity index (χ0n) is 13.2. The van der Waals surface area contributed by atoms with Crippen molar-refractivity contribution in [2.45, 2.75) is 33.2 Å². The van der Waals surface area contributed by atoms with Gasteiger partial charge in [-0.15, -0.1) is 10.2 Å². The molecule has 0 aliphatic carbocycles. The number of hydrogen-bond donors (Lipinski definition) is 0. The highest BCUT2D eigenvalue weighted by atomic mass is 16.5. The summed E-state index contributed by atoms with van der Waals surface area (Å²) in [6, 6.07) is 3.89. The molecule has 0 spiro atoms. The summed E-state index contributed by atoms with van der Waals surface area (Å²) in [6.07, 6.45) is 4.16. The van der Waals surface area contributed by atoms with Gasteiger partial charge in [0.2, 0.25) is 11.8 Å². The summed E-state index contributed by atoms with van der Waals surface area (Å²) in [7, 11) is 0. The third-order valence-electron chi connectivity index (χ3n) is 3.88.